The summed E-state index contributed by atoms with van der Waals surface area (Å²) in [5.74, 6) is 0.0620. The summed E-state index contributed by atoms with van der Waals surface area (Å²) in [5, 5.41) is 6.48. The van der Waals surface area contributed by atoms with Crippen LogP contribution in [0.2, 0.25) is 5.15 Å². The van der Waals surface area contributed by atoms with Gasteiger partial charge >= 0.3 is 0 Å². The molecule has 0 saturated carbocycles. The van der Waals surface area contributed by atoms with Crippen molar-refractivity contribution in [1.82, 2.24) is 10.3 Å². The van der Waals surface area contributed by atoms with E-state index >= 15 is 0 Å². The third-order valence-corrected chi connectivity index (χ3v) is 2.63. The average molecular weight is 256 g/mol. The first kappa shape index (κ1) is 13.8. The molecule has 5 heteroatoms. The second-order valence-corrected chi connectivity index (χ2v) is 4.31. The summed E-state index contributed by atoms with van der Waals surface area (Å²) < 4.78 is 0. The van der Waals surface area contributed by atoms with Gasteiger partial charge in [0.15, 0.2) is 0 Å². The molecule has 0 aliphatic rings. The van der Waals surface area contributed by atoms with E-state index in [9.17, 15) is 4.79 Å². The number of pyridine rings is 1. The van der Waals surface area contributed by atoms with E-state index in [1.165, 1.54) is 0 Å². The first-order valence-corrected chi connectivity index (χ1v) is 6.14. The number of halogens is 1. The van der Waals surface area contributed by atoms with Gasteiger partial charge < -0.3 is 10.6 Å². The van der Waals surface area contributed by atoms with Crippen LogP contribution in [0.3, 0.4) is 0 Å². The molecule has 1 aromatic rings. The Balaban J connectivity index is 2.26. The molecule has 1 atom stereocenters. The molecule has 1 heterocycles. The van der Waals surface area contributed by atoms with Gasteiger partial charge in [-0.15, -0.1) is 0 Å². The van der Waals surface area contributed by atoms with E-state index in [4.69, 9.17) is 11.6 Å². The Morgan fingerprint density at radius 3 is 3.00 bits per heavy atom. The normalized spacial score (nSPS) is 11.9. The number of anilines is 1. The van der Waals surface area contributed by atoms with Crippen LogP contribution in [0.1, 0.15) is 26.7 Å². The highest BCUT2D eigenvalue weighted by Gasteiger charge is 2.04. The molecular formula is C12H18ClN3O. The van der Waals surface area contributed by atoms with Crippen molar-refractivity contribution < 1.29 is 4.79 Å². The minimum atomic E-state index is 0.0620. The molecule has 0 radical (unpaired) electrons. The van der Waals surface area contributed by atoms with Crippen molar-refractivity contribution in [2.75, 3.05) is 11.9 Å². The molecular weight excluding hydrogens is 238 g/mol. The van der Waals surface area contributed by atoms with Crippen molar-refractivity contribution in [1.29, 1.82) is 0 Å². The lowest BCUT2D eigenvalue weighted by Gasteiger charge is -2.11. The number of amides is 1. The number of hydrogen-bond donors (Lipinski definition) is 2. The largest absolute Gasteiger partial charge is 0.384 e. The van der Waals surface area contributed by atoms with Crippen molar-refractivity contribution in [3.8, 4) is 0 Å². The Morgan fingerprint density at radius 1 is 1.59 bits per heavy atom. The van der Waals surface area contributed by atoms with Gasteiger partial charge in [-0.25, -0.2) is 4.98 Å². The molecule has 0 saturated heterocycles. The van der Waals surface area contributed by atoms with E-state index in [1.54, 1.807) is 12.3 Å². The second kappa shape index (κ2) is 7.12. The predicted molar refractivity (Wildman–Crippen MR) is 70.2 cm³/mol. The molecule has 0 spiro atoms. The molecule has 1 aromatic heterocycles. The van der Waals surface area contributed by atoms with Crippen LogP contribution < -0.4 is 10.6 Å². The van der Waals surface area contributed by atoms with Crippen molar-refractivity contribution in [3.05, 3.63) is 23.5 Å². The molecule has 0 aliphatic heterocycles. The van der Waals surface area contributed by atoms with Crippen LogP contribution in [0, 0.1) is 0 Å². The van der Waals surface area contributed by atoms with Gasteiger partial charge in [-0.1, -0.05) is 18.5 Å². The summed E-state index contributed by atoms with van der Waals surface area (Å²) >= 11 is 5.74. The molecule has 94 valence electrons. The van der Waals surface area contributed by atoms with Crippen LogP contribution in [-0.2, 0) is 4.79 Å². The molecule has 4 nitrogen and oxygen atoms in total. The van der Waals surface area contributed by atoms with Gasteiger partial charge in [0.25, 0.3) is 0 Å². The number of carbonyl (C=O) groups is 1. The Labute approximate surface area is 107 Å². The Morgan fingerprint density at radius 2 is 2.35 bits per heavy atom. The molecule has 1 rings (SSSR count). The van der Waals surface area contributed by atoms with E-state index < -0.39 is 0 Å². The van der Waals surface area contributed by atoms with Gasteiger partial charge in [-0.05, 0) is 25.5 Å². The third kappa shape index (κ3) is 5.54. The lowest BCUT2D eigenvalue weighted by atomic mass is 10.2. The quantitative estimate of drug-likeness (QED) is 0.768. The maximum absolute atomic E-state index is 11.5. The number of hydrogen-bond acceptors (Lipinski definition) is 3. The Hall–Kier alpha value is -1.29. The van der Waals surface area contributed by atoms with Crippen molar-refractivity contribution in [2.45, 2.75) is 32.7 Å². The van der Waals surface area contributed by atoms with Gasteiger partial charge in [0.1, 0.15) is 5.15 Å². The zero-order valence-corrected chi connectivity index (χ0v) is 10.9. The third-order valence-electron chi connectivity index (χ3n) is 2.43. The molecule has 1 unspecified atom stereocenters. The van der Waals surface area contributed by atoms with E-state index in [-0.39, 0.29) is 11.9 Å². The molecule has 0 aliphatic carbocycles. The highest BCUT2D eigenvalue weighted by molar-refractivity contribution is 6.29. The average Bonchev–Trinajstić information content (AvgIpc) is 2.29. The van der Waals surface area contributed by atoms with Crippen LogP contribution in [0.4, 0.5) is 5.69 Å². The van der Waals surface area contributed by atoms with E-state index in [2.05, 4.69) is 15.6 Å². The summed E-state index contributed by atoms with van der Waals surface area (Å²) in [6, 6.07) is 3.78. The van der Waals surface area contributed by atoms with Crippen LogP contribution in [-0.4, -0.2) is 23.5 Å². The summed E-state index contributed by atoms with van der Waals surface area (Å²) in [6.45, 7) is 4.62. The minimum Gasteiger partial charge on any atom is -0.384 e. The SMILES string of the molecule is CCC(C)NC(=O)CCNc1ccnc(Cl)c1. The maximum Gasteiger partial charge on any atom is 0.221 e. The highest BCUT2D eigenvalue weighted by atomic mass is 35.5. The number of rotatable bonds is 6. The first-order valence-electron chi connectivity index (χ1n) is 5.76. The number of nitrogens with zero attached hydrogens (tertiary/aromatic N) is 1. The second-order valence-electron chi connectivity index (χ2n) is 3.92. The first-order chi connectivity index (χ1) is 8.11. The van der Waals surface area contributed by atoms with Crippen molar-refractivity contribution in [3.63, 3.8) is 0 Å². The molecule has 1 amide bonds. The van der Waals surface area contributed by atoms with Crippen molar-refractivity contribution >= 4 is 23.2 Å². The summed E-state index contributed by atoms with van der Waals surface area (Å²) in [6.07, 6.45) is 3.02. The van der Waals surface area contributed by atoms with E-state index in [0.717, 1.165) is 12.1 Å². The van der Waals surface area contributed by atoms with Gasteiger partial charge in [0.2, 0.25) is 5.91 Å². The van der Waals surface area contributed by atoms with Gasteiger partial charge in [-0.2, -0.15) is 0 Å². The number of carbonyl (C=O) groups excluding carboxylic acids is 1. The monoisotopic (exact) mass is 255 g/mol. The maximum atomic E-state index is 11.5. The van der Waals surface area contributed by atoms with Crippen LogP contribution in [0.25, 0.3) is 0 Å². The molecule has 0 aromatic carbocycles. The topological polar surface area (TPSA) is 54.0 Å². The smallest absolute Gasteiger partial charge is 0.221 e. The van der Waals surface area contributed by atoms with Crippen LogP contribution >= 0.6 is 11.6 Å². The molecule has 0 fully saturated rings. The van der Waals surface area contributed by atoms with Gasteiger partial charge in [0.05, 0.1) is 0 Å². The summed E-state index contributed by atoms with van der Waals surface area (Å²) in [7, 11) is 0. The van der Waals surface area contributed by atoms with E-state index in [0.29, 0.717) is 18.1 Å². The fourth-order valence-electron chi connectivity index (χ4n) is 1.28. The van der Waals surface area contributed by atoms with Gasteiger partial charge in [0, 0.05) is 30.9 Å². The predicted octanol–water partition coefficient (Wildman–Crippen LogP) is 2.45. The van der Waals surface area contributed by atoms with Crippen LogP contribution in [0.15, 0.2) is 18.3 Å². The Kier molecular flexibility index (Phi) is 5.77. The fraction of sp³-hybridized carbons (Fsp3) is 0.500. The summed E-state index contributed by atoms with van der Waals surface area (Å²) in [5.41, 5.74) is 0.876. The van der Waals surface area contributed by atoms with E-state index in [1.807, 2.05) is 19.9 Å². The number of aromatic nitrogens is 1. The minimum absolute atomic E-state index is 0.0620. The lowest BCUT2D eigenvalue weighted by Crippen LogP contribution is -2.32. The zero-order valence-electron chi connectivity index (χ0n) is 10.2. The Bertz CT molecular complexity index is 371. The highest BCUT2D eigenvalue weighted by Crippen LogP contribution is 2.11. The summed E-state index contributed by atoms with van der Waals surface area (Å²) in [4.78, 5) is 15.4. The fourth-order valence-corrected chi connectivity index (χ4v) is 1.46. The molecule has 0 bridgehead atoms. The number of nitrogens with one attached hydrogen (secondary N) is 2. The van der Waals surface area contributed by atoms with Gasteiger partial charge in [-0.3, -0.25) is 4.79 Å². The van der Waals surface area contributed by atoms with Crippen molar-refractivity contribution in [2.24, 2.45) is 0 Å². The molecule has 2 N–H and O–H groups in total. The lowest BCUT2D eigenvalue weighted by molar-refractivity contribution is -0.121. The standard InChI is InChI=1S/C12H18ClN3O/c1-3-9(2)16-12(17)5-7-14-10-4-6-15-11(13)8-10/h4,6,8-9H,3,5,7H2,1-2H3,(H,14,15)(H,16,17). The molecule has 17 heavy (non-hydrogen) atoms. The van der Waals surface area contributed by atoms with Crippen LogP contribution in [0.5, 0.6) is 0 Å². The zero-order chi connectivity index (χ0) is 12.7.